The lowest BCUT2D eigenvalue weighted by molar-refractivity contribution is -0.171. The Morgan fingerprint density at radius 1 is 1.75 bits per heavy atom. The molecule has 88 valence electrons. The number of carbonyl (C=O) groups is 2. The second kappa shape index (κ2) is 4.27. The summed E-state index contributed by atoms with van der Waals surface area (Å²) in [6.07, 6.45) is -0.542. The van der Waals surface area contributed by atoms with Crippen LogP contribution >= 0.6 is 23.4 Å². The lowest BCUT2D eigenvalue weighted by Gasteiger charge is -2.50. The number of hydrogen-bond acceptors (Lipinski definition) is 4. The van der Waals surface area contributed by atoms with Gasteiger partial charge in [-0.25, -0.2) is 4.79 Å². The van der Waals surface area contributed by atoms with E-state index in [1.54, 1.807) is 5.41 Å². The number of methoxy groups -OCH3 is 1. The fourth-order valence-corrected chi connectivity index (χ4v) is 3.44. The van der Waals surface area contributed by atoms with E-state index in [9.17, 15) is 9.59 Å². The van der Waals surface area contributed by atoms with Crippen molar-refractivity contribution < 1.29 is 19.4 Å². The van der Waals surface area contributed by atoms with E-state index >= 15 is 0 Å². The minimum atomic E-state index is -1.06. The number of rotatable bonds is 3. The number of alkyl halides is 1. The molecule has 0 aliphatic carbocycles. The minimum absolute atomic E-state index is 0.109. The second-order valence-corrected chi connectivity index (χ2v) is 4.75. The summed E-state index contributed by atoms with van der Waals surface area (Å²) in [5.74, 6) is -1.23. The first-order valence-corrected chi connectivity index (χ1v) is 6.07. The van der Waals surface area contributed by atoms with Crippen molar-refractivity contribution in [2.24, 2.45) is 0 Å². The smallest absolute Gasteiger partial charge is 0.330 e. The molecule has 2 heterocycles. The van der Waals surface area contributed by atoms with Gasteiger partial charge in [0.25, 0.3) is 5.91 Å². The van der Waals surface area contributed by atoms with Crippen molar-refractivity contribution >= 4 is 35.2 Å². The van der Waals surface area contributed by atoms with Crippen LogP contribution in [0, 0.1) is 0 Å². The number of aliphatic carboxylic acids is 1. The summed E-state index contributed by atoms with van der Waals surface area (Å²) in [5.41, 5.74) is 0.540. The van der Waals surface area contributed by atoms with Gasteiger partial charge in [0.15, 0.2) is 12.1 Å². The predicted octanol–water partition coefficient (Wildman–Crippen LogP) is 0.492. The zero-order valence-corrected chi connectivity index (χ0v) is 9.99. The van der Waals surface area contributed by atoms with Crippen LogP contribution in [0.2, 0.25) is 0 Å². The summed E-state index contributed by atoms with van der Waals surface area (Å²) in [7, 11) is 1.44. The van der Waals surface area contributed by atoms with E-state index in [2.05, 4.69) is 0 Å². The van der Waals surface area contributed by atoms with Crippen LogP contribution < -0.4 is 0 Å². The molecular weight excluding hydrogens is 254 g/mol. The van der Waals surface area contributed by atoms with Crippen molar-refractivity contribution in [1.82, 2.24) is 4.90 Å². The van der Waals surface area contributed by atoms with Gasteiger partial charge in [0.1, 0.15) is 5.37 Å². The van der Waals surface area contributed by atoms with Gasteiger partial charge in [-0.15, -0.1) is 23.4 Å². The normalized spacial score (nSPS) is 32.9. The number of fused-ring (bicyclic) bond motifs is 1. The Bertz CT molecular complexity index is 373. The van der Waals surface area contributed by atoms with E-state index in [4.69, 9.17) is 21.4 Å². The number of thioether (sulfide) groups is 1. The van der Waals surface area contributed by atoms with Gasteiger partial charge >= 0.3 is 5.97 Å². The largest absolute Gasteiger partial charge is 0.479 e. The predicted molar refractivity (Wildman–Crippen MR) is 59.2 cm³/mol. The number of β-lactam (4-membered cyclic amide) rings is 1. The number of carboxylic acids is 1. The Morgan fingerprint density at radius 3 is 2.94 bits per heavy atom. The van der Waals surface area contributed by atoms with Crippen LogP contribution in [0.4, 0.5) is 0 Å². The van der Waals surface area contributed by atoms with Gasteiger partial charge < -0.3 is 14.7 Å². The molecule has 2 unspecified atom stereocenters. The van der Waals surface area contributed by atoms with Crippen LogP contribution in [0.3, 0.4) is 0 Å². The van der Waals surface area contributed by atoms with Gasteiger partial charge in [-0.3, -0.25) is 4.79 Å². The molecule has 16 heavy (non-hydrogen) atoms. The molecule has 2 aliphatic rings. The van der Waals surface area contributed by atoms with Crippen LogP contribution in [-0.2, 0) is 14.3 Å². The first-order chi connectivity index (χ1) is 7.61. The van der Waals surface area contributed by atoms with Gasteiger partial charge in [-0.2, -0.15) is 0 Å². The Balaban J connectivity index is 2.28. The SMILES string of the molecule is CO[C@H]1C(=O)N2C(C(=O)O)C(CCl)=CSC12. The van der Waals surface area contributed by atoms with Crippen molar-refractivity contribution in [3.63, 3.8) is 0 Å². The summed E-state index contributed by atoms with van der Waals surface area (Å²) in [4.78, 5) is 24.1. The second-order valence-electron chi connectivity index (χ2n) is 3.50. The molecule has 0 aromatic carbocycles. The molecule has 1 saturated heterocycles. The van der Waals surface area contributed by atoms with Crippen LogP contribution in [0.5, 0.6) is 0 Å². The van der Waals surface area contributed by atoms with Crippen molar-refractivity contribution in [1.29, 1.82) is 0 Å². The lowest BCUT2D eigenvalue weighted by atomic mass is 10.0. The summed E-state index contributed by atoms with van der Waals surface area (Å²) in [6.45, 7) is 0. The first-order valence-electron chi connectivity index (χ1n) is 4.60. The highest BCUT2D eigenvalue weighted by Gasteiger charge is 2.55. The molecule has 2 aliphatic heterocycles. The number of carbonyl (C=O) groups excluding carboxylic acids is 1. The molecule has 7 heteroatoms. The Kier molecular flexibility index (Phi) is 3.14. The van der Waals surface area contributed by atoms with E-state index in [1.165, 1.54) is 23.8 Å². The van der Waals surface area contributed by atoms with Crippen molar-refractivity contribution in [2.45, 2.75) is 17.5 Å². The topological polar surface area (TPSA) is 66.8 Å². The van der Waals surface area contributed by atoms with E-state index in [-0.39, 0.29) is 17.2 Å². The molecule has 0 spiro atoms. The molecule has 5 nitrogen and oxygen atoms in total. The quantitative estimate of drug-likeness (QED) is 0.593. The number of hydrogen-bond donors (Lipinski definition) is 1. The average molecular weight is 264 g/mol. The number of halogens is 1. The Morgan fingerprint density at radius 2 is 2.44 bits per heavy atom. The average Bonchev–Trinajstić information content (AvgIpc) is 2.27. The van der Waals surface area contributed by atoms with Crippen LogP contribution in [0.25, 0.3) is 0 Å². The van der Waals surface area contributed by atoms with Gasteiger partial charge in [-0.1, -0.05) is 0 Å². The van der Waals surface area contributed by atoms with Gasteiger partial charge in [0.05, 0.1) is 0 Å². The van der Waals surface area contributed by atoms with Crippen LogP contribution in [0.15, 0.2) is 11.0 Å². The third-order valence-electron chi connectivity index (χ3n) is 2.66. The highest BCUT2D eigenvalue weighted by Crippen LogP contribution is 2.41. The van der Waals surface area contributed by atoms with Crippen molar-refractivity contribution in [2.75, 3.05) is 13.0 Å². The maximum Gasteiger partial charge on any atom is 0.330 e. The molecule has 2 rings (SSSR count). The molecule has 1 fully saturated rings. The van der Waals surface area contributed by atoms with Gasteiger partial charge in [-0.05, 0) is 11.0 Å². The van der Waals surface area contributed by atoms with Gasteiger partial charge in [0, 0.05) is 13.0 Å². The molecule has 0 bridgehead atoms. The maximum atomic E-state index is 11.7. The molecule has 1 N–H and O–H groups in total. The molecule has 0 saturated carbocycles. The molecule has 1 amide bonds. The monoisotopic (exact) mass is 263 g/mol. The van der Waals surface area contributed by atoms with Crippen molar-refractivity contribution in [3.05, 3.63) is 11.0 Å². The summed E-state index contributed by atoms with van der Waals surface area (Å²) in [5, 5.41) is 10.6. The van der Waals surface area contributed by atoms with Crippen molar-refractivity contribution in [3.8, 4) is 0 Å². The Hall–Kier alpha value is -0.720. The zero-order chi connectivity index (χ0) is 11.9. The fourth-order valence-electron chi connectivity index (χ4n) is 1.87. The summed E-state index contributed by atoms with van der Waals surface area (Å²) < 4.78 is 5.00. The lowest BCUT2D eigenvalue weighted by Crippen LogP contribution is -2.69. The van der Waals surface area contributed by atoms with E-state index in [0.29, 0.717) is 5.57 Å². The van der Waals surface area contributed by atoms with E-state index in [0.717, 1.165) is 0 Å². The molecule has 0 aromatic rings. The van der Waals surface area contributed by atoms with Crippen LogP contribution in [0.1, 0.15) is 0 Å². The Labute approximate surface area is 101 Å². The number of carboxylic acid groups (broad SMARTS) is 1. The van der Waals surface area contributed by atoms with E-state index < -0.39 is 18.1 Å². The molecule has 0 radical (unpaired) electrons. The number of ether oxygens (including phenoxy) is 1. The fraction of sp³-hybridized carbons (Fsp3) is 0.556. The van der Waals surface area contributed by atoms with Crippen LogP contribution in [-0.4, -0.2) is 52.4 Å². The number of amides is 1. The summed E-state index contributed by atoms with van der Waals surface area (Å²) in [6, 6.07) is -0.942. The third-order valence-corrected chi connectivity index (χ3v) is 4.16. The molecule has 3 atom stereocenters. The molecule has 0 aromatic heterocycles. The molecular formula is C9H10ClNO4S. The standard InChI is InChI=1S/C9H10ClNO4S/c1-15-6-7(12)11-5(9(13)14)4(2-10)3-16-8(6)11/h3,5-6,8H,2H2,1H3,(H,13,14)/t5?,6-,8?/m0/s1. The zero-order valence-electron chi connectivity index (χ0n) is 8.42. The maximum absolute atomic E-state index is 11.7. The minimum Gasteiger partial charge on any atom is -0.479 e. The van der Waals surface area contributed by atoms with Gasteiger partial charge in [0.2, 0.25) is 0 Å². The highest BCUT2D eigenvalue weighted by atomic mass is 35.5. The summed E-state index contributed by atoms with van der Waals surface area (Å²) >= 11 is 7.03. The number of nitrogens with zero attached hydrogens (tertiary/aromatic N) is 1. The highest BCUT2D eigenvalue weighted by molar-refractivity contribution is 8.02. The third kappa shape index (κ3) is 1.52. The van der Waals surface area contributed by atoms with E-state index in [1.807, 2.05) is 0 Å². The first kappa shape index (κ1) is 11.8.